The fraction of sp³-hybridized carbons (Fsp3) is 1.00. The van der Waals surface area contributed by atoms with Crippen molar-refractivity contribution in [3.63, 3.8) is 0 Å². The Balaban J connectivity index is 2.21. The summed E-state index contributed by atoms with van der Waals surface area (Å²) < 4.78 is 0. The van der Waals surface area contributed by atoms with Gasteiger partial charge in [-0.15, -0.1) is 0 Å². The lowest BCUT2D eigenvalue weighted by atomic mass is 10.0. The summed E-state index contributed by atoms with van der Waals surface area (Å²) in [5.41, 5.74) is 0. The Hall–Kier alpha value is -0.240. The second-order valence-electron chi connectivity index (χ2n) is 3.98. The molecule has 2 heterocycles. The maximum atomic E-state index is 9.58. The minimum Gasteiger partial charge on any atom is -0.395 e. The van der Waals surface area contributed by atoms with Crippen LogP contribution in [0.25, 0.3) is 0 Å². The largest absolute Gasteiger partial charge is 0.395 e. The molecule has 6 heteroatoms. The van der Waals surface area contributed by atoms with Crippen LogP contribution in [-0.4, -0.2) is 80.1 Å². The van der Waals surface area contributed by atoms with Crippen molar-refractivity contribution in [2.24, 2.45) is 0 Å². The van der Waals surface area contributed by atoms with E-state index >= 15 is 0 Å². The van der Waals surface area contributed by atoms with Crippen LogP contribution in [0.1, 0.15) is 0 Å². The topological polar surface area (TPSA) is 104 Å². The molecule has 0 aromatic rings. The van der Waals surface area contributed by atoms with Crippen molar-refractivity contribution < 1.29 is 25.5 Å². The Morgan fingerprint density at radius 3 is 2.21 bits per heavy atom. The van der Waals surface area contributed by atoms with Crippen molar-refractivity contribution in [2.75, 3.05) is 13.2 Å². The molecule has 2 saturated heterocycles. The van der Waals surface area contributed by atoms with Crippen molar-refractivity contribution in [2.45, 2.75) is 36.5 Å². The molecular weight excluding hydrogens is 190 g/mol. The molecule has 2 aliphatic heterocycles. The van der Waals surface area contributed by atoms with Crippen LogP contribution >= 0.6 is 0 Å². The summed E-state index contributed by atoms with van der Waals surface area (Å²) in [7, 11) is 0. The molecule has 5 N–H and O–H groups in total. The van der Waals surface area contributed by atoms with E-state index in [-0.39, 0.29) is 13.2 Å². The lowest BCUT2D eigenvalue weighted by Crippen LogP contribution is -2.41. The van der Waals surface area contributed by atoms with Gasteiger partial charge in [-0.05, 0) is 0 Å². The number of hydrogen-bond donors (Lipinski definition) is 5. The molecule has 0 spiro atoms. The number of rotatable bonds is 1. The van der Waals surface area contributed by atoms with Crippen molar-refractivity contribution >= 4 is 0 Å². The zero-order chi connectivity index (χ0) is 10.5. The smallest absolute Gasteiger partial charge is 0.0996 e. The van der Waals surface area contributed by atoms with Crippen LogP contribution in [0.15, 0.2) is 0 Å². The van der Waals surface area contributed by atoms with E-state index in [9.17, 15) is 20.4 Å². The van der Waals surface area contributed by atoms with Crippen LogP contribution in [0.3, 0.4) is 0 Å². The Morgan fingerprint density at radius 2 is 1.64 bits per heavy atom. The van der Waals surface area contributed by atoms with E-state index in [0.29, 0.717) is 0 Å². The van der Waals surface area contributed by atoms with Crippen LogP contribution in [0, 0.1) is 0 Å². The van der Waals surface area contributed by atoms with E-state index in [1.165, 1.54) is 0 Å². The maximum absolute atomic E-state index is 9.58. The third-order valence-corrected chi connectivity index (χ3v) is 3.23. The van der Waals surface area contributed by atoms with Crippen molar-refractivity contribution in [1.82, 2.24) is 4.90 Å². The molecule has 6 atom stereocenters. The predicted molar refractivity (Wildman–Crippen MR) is 45.4 cm³/mol. The number of fused-ring (bicyclic) bond motifs is 1. The van der Waals surface area contributed by atoms with E-state index in [0.717, 1.165) is 0 Å². The molecular formula is C8H15NO5. The van der Waals surface area contributed by atoms with E-state index in [1.54, 1.807) is 4.90 Å². The third-order valence-electron chi connectivity index (χ3n) is 3.23. The van der Waals surface area contributed by atoms with Crippen LogP contribution in [0.4, 0.5) is 0 Å². The molecule has 2 aliphatic rings. The second-order valence-corrected chi connectivity index (χ2v) is 3.98. The van der Waals surface area contributed by atoms with E-state index in [4.69, 9.17) is 5.11 Å². The summed E-state index contributed by atoms with van der Waals surface area (Å²) >= 11 is 0. The first-order valence-electron chi connectivity index (χ1n) is 4.66. The monoisotopic (exact) mass is 205 g/mol. The Kier molecular flexibility index (Phi) is 2.50. The Morgan fingerprint density at radius 1 is 1.00 bits per heavy atom. The van der Waals surface area contributed by atoms with Gasteiger partial charge >= 0.3 is 0 Å². The first-order valence-corrected chi connectivity index (χ1v) is 4.66. The van der Waals surface area contributed by atoms with Crippen LogP contribution < -0.4 is 0 Å². The lowest BCUT2D eigenvalue weighted by Gasteiger charge is -2.22. The summed E-state index contributed by atoms with van der Waals surface area (Å²) in [5, 5.41) is 47.0. The summed E-state index contributed by atoms with van der Waals surface area (Å²) in [6.45, 7) is -0.126. The summed E-state index contributed by atoms with van der Waals surface area (Å²) in [4.78, 5) is 1.56. The standard InChI is InChI=1S/C8H15NO5/c10-2-3-6(12)8(14)5-7(13)4(11)1-9(3)5/h3-8,10-14H,1-2H2/t3-,4-,5?,6-,7-,8-/m0/s1. The van der Waals surface area contributed by atoms with Gasteiger partial charge in [0.2, 0.25) is 0 Å². The normalized spacial score (nSPS) is 53.8. The van der Waals surface area contributed by atoms with Crippen LogP contribution in [0.5, 0.6) is 0 Å². The Bertz CT molecular complexity index is 226. The average Bonchev–Trinajstić information content (AvgIpc) is 2.54. The van der Waals surface area contributed by atoms with Gasteiger partial charge in [0.1, 0.15) is 0 Å². The van der Waals surface area contributed by atoms with Gasteiger partial charge in [0.05, 0.1) is 43.1 Å². The van der Waals surface area contributed by atoms with E-state index in [2.05, 4.69) is 0 Å². The zero-order valence-electron chi connectivity index (χ0n) is 7.56. The van der Waals surface area contributed by atoms with Crippen molar-refractivity contribution in [1.29, 1.82) is 0 Å². The van der Waals surface area contributed by atoms with Gasteiger partial charge in [-0.3, -0.25) is 4.90 Å². The zero-order valence-corrected chi connectivity index (χ0v) is 7.56. The summed E-state index contributed by atoms with van der Waals surface area (Å²) in [6.07, 6.45) is -4.15. The fourth-order valence-electron chi connectivity index (χ4n) is 2.46. The molecule has 0 saturated carbocycles. The summed E-state index contributed by atoms with van der Waals surface area (Å²) in [5.74, 6) is 0. The SMILES string of the molecule is OC[C@H]1[C@H](O)[C@@H](O)C2[C@@H](O)[C@@H](O)CN21. The van der Waals surface area contributed by atoms with Gasteiger partial charge in [0, 0.05) is 6.54 Å². The molecule has 0 bridgehead atoms. The highest BCUT2D eigenvalue weighted by atomic mass is 16.4. The maximum Gasteiger partial charge on any atom is 0.0996 e. The highest BCUT2D eigenvalue weighted by Crippen LogP contribution is 2.33. The fourth-order valence-corrected chi connectivity index (χ4v) is 2.46. The van der Waals surface area contributed by atoms with Gasteiger partial charge in [-0.2, -0.15) is 0 Å². The van der Waals surface area contributed by atoms with Gasteiger partial charge in [-0.1, -0.05) is 0 Å². The number of aliphatic hydroxyl groups is 5. The minimum absolute atomic E-state index is 0.172. The molecule has 0 aromatic carbocycles. The van der Waals surface area contributed by atoms with E-state index < -0.39 is 36.5 Å². The first kappa shape index (κ1) is 10.3. The van der Waals surface area contributed by atoms with Crippen molar-refractivity contribution in [3.8, 4) is 0 Å². The van der Waals surface area contributed by atoms with E-state index in [1.807, 2.05) is 0 Å². The number of hydrogen-bond acceptors (Lipinski definition) is 6. The summed E-state index contributed by atoms with van der Waals surface area (Å²) in [6, 6.07) is -1.26. The first-order chi connectivity index (χ1) is 6.57. The van der Waals surface area contributed by atoms with Gasteiger partial charge in [0.25, 0.3) is 0 Å². The molecule has 1 unspecified atom stereocenters. The molecule has 0 radical (unpaired) electrons. The van der Waals surface area contributed by atoms with Crippen molar-refractivity contribution in [3.05, 3.63) is 0 Å². The lowest BCUT2D eigenvalue weighted by molar-refractivity contribution is -0.0268. The van der Waals surface area contributed by atoms with Gasteiger partial charge in [0.15, 0.2) is 0 Å². The highest BCUT2D eigenvalue weighted by Gasteiger charge is 2.56. The second kappa shape index (κ2) is 3.41. The molecule has 0 aromatic heterocycles. The predicted octanol–water partition coefficient (Wildman–Crippen LogP) is -3.51. The quantitative estimate of drug-likeness (QED) is 0.304. The molecule has 2 rings (SSSR count). The average molecular weight is 205 g/mol. The number of aliphatic hydroxyl groups excluding tert-OH is 5. The Labute approximate surface area is 81.0 Å². The minimum atomic E-state index is -1.11. The molecule has 82 valence electrons. The van der Waals surface area contributed by atoms with Gasteiger partial charge < -0.3 is 25.5 Å². The molecule has 2 fully saturated rings. The van der Waals surface area contributed by atoms with Gasteiger partial charge in [-0.25, -0.2) is 0 Å². The number of nitrogens with zero attached hydrogens (tertiary/aromatic N) is 1. The molecule has 0 amide bonds. The van der Waals surface area contributed by atoms with Crippen LogP contribution in [-0.2, 0) is 0 Å². The highest BCUT2D eigenvalue weighted by molar-refractivity contribution is 5.09. The molecule has 0 aliphatic carbocycles. The van der Waals surface area contributed by atoms with Crippen LogP contribution in [0.2, 0.25) is 0 Å². The molecule has 6 nitrogen and oxygen atoms in total. The third kappa shape index (κ3) is 1.19. The molecule has 14 heavy (non-hydrogen) atoms.